The molecule has 1 rings (SSSR count). The molecule has 0 N–H and O–H groups in total. The fraction of sp³-hybridized carbons (Fsp3) is 0.273. The van der Waals surface area contributed by atoms with E-state index in [4.69, 9.17) is 11.2 Å². The molecule has 0 fully saturated rings. The summed E-state index contributed by atoms with van der Waals surface area (Å²) in [5.74, 6) is 3.06. The molecule has 90 valence electrons. The predicted molar refractivity (Wildman–Crippen MR) is 72.1 cm³/mol. The Morgan fingerprint density at radius 1 is 1.41 bits per heavy atom. The molecule has 0 radical (unpaired) electrons. The lowest BCUT2D eigenvalue weighted by molar-refractivity contribution is -0.385. The molecule has 0 aliphatic rings. The highest BCUT2D eigenvalue weighted by atomic mass is 79.9. The first kappa shape index (κ1) is 14.0. The summed E-state index contributed by atoms with van der Waals surface area (Å²) < 4.78 is 6.57. The van der Waals surface area contributed by atoms with E-state index >= 15 is 0 Å². The molecular weight excluding hydrogens is 354 g/mol. The van der Waals surface area contributed by atoms with Gasteiger partial charge >= 0.3 is 0 Å². The maximum absolute atomic E-state index is 10.6. The number of ether oxygens (including phenoxy) is 1. The quantitative estimate of drug-likeness (QED) is 0.345. The lowest BCUT2D eigenvalue weighted by Crippen LogP contribution is -1.99. The molecule has 17 heavy (non-hydrogen) atoms. The van der Waals surface area contributed by atoms with E-state index < -0.39 is 4.92 Å². The number of hydrogen-bond acceptors (Lipinski definition) is 3. The van der Waals surface area contributed by atoms with Crippen LogP contribution in [0.1, 0.15) is 12.8 Å². The summed E-state index contributed by atoms with van der Waals surface area (Å²) in [6.45, 7) is 0.471. The van der Waals surface area contributed by atoms with E-state index in [1.807, 2.05) is 0 Å². The minimum absolute atomic E-state index is 0.000255. The molecule has 0 saturated carbocycles. The van der Waals surface area contributed by atoms with Gasteiger partial charge in [-0.15, -0.1) is 12.3 Å². The average molecular weight is 363 g/mol. The normalized spacial score (nSPS) is 9.71. The van der Waals surface area contributed by atoms with Crippen molar-refractivity contribution in [1.82, 2.24) is 0 Å². The maximum Gasteiger partial charge on any atom is 0.271 e. The molecule has 1 aromatic carbocycles. The van der Waals surface area contributed by atoms with E-state index in [1.54, 1.807) is 0 Å². The van der Waals surface area contributed by atoms with Crippen LogP contribution in [0, 0.1) is 22.5 Å². The summed E-state index contributed by atoms with van der Waals surface area (Å²) in [6.07, 6.45) is 6.51. The first-order chi connectivity index (χ1) is 8.06. The first-order valence-corrected chi connectivity index (χ1v) is 6.34. The van der Waals surface area contributed by atoms with Crippen molar-refractivity contribution >= 4 is 37.5 Å². The maximum atomic E-state index is 10.6. The van der Waals surface area contributed by atoms with Gasteiger partial charge in [0.2, 0.25) is 0 Å². The minimum Gasteiger partial charge on any atom is -0.491 e. The summed E-state index contributed by atoms with van der Waals surface area (Å²) in [5, 5.41) is 10.6. The predicted octanol–water partition coefficient (Wildman–Crippen LogP) is 3.91. The third-order valence-corrected chi connectivity index (χ3v) is 3.08. The highest BCUT2D eigenvalue weighted by Crippen LogP contribution is 2.37. The van der Waals surface area contributed by atoms with Crippen molar-refractivity contribution in [3.63, 3.8) is 0 Å². The zero-order valence-corrected chi connectivity index (χ0v) is 12.0. The standard InChI is InChI=1S/C11H9Br2NO3/c1-2-3-4-5-17-11-9(12)6-8(14(15)16)7-10(11)13/h1,6-7H,3-5H2. The Labute approximate surface area is 116 Å². The Bertz CT molecular complexity index is 445. The van der Waals surface area contributed by atoms with Gasteiger partial charge in [-0.25, -0.2) is 0 Å². The van der Waals surface area contributed by atoms with Crippen LogP contribution in [0.25, 0.3) is 0 Å². The Balaban J connectivity index is 2.80. The van der Waals surface area contributed by atoms with Gasteiger partial charge in [0.1, 0.15) is 5.75 Å². The Hall–Kier alpha value is -1.06. The van der Waals surface area contributed by atoms with Crippen molar-refractivity contribution in [2.45, 2.75) is 12.8 Å². The molecule has 0 amide bonds. The van der Waals surface area contributed by atoms with Crippen molar-refractivity contribution in [1.29, 1.82) is 0 Å². The van der Waals surface area contributed by atoms with Gasteiger partial charge in [0.05, 0.1) is 20.5 Å². The molecule has 6 heteroatoms. The number of hydrogen-bond donors (Lipinski definition) is 0. The van der Waals surface area contributed by atoms with E-state index in [1.165, 1.54) is 12.1 Å². The second-order valence-electron chi connectivity index (χ2n) is 3.15. The minimum atomic E-state index is -0.461. The number of terminal acetylenes is 1. The second kappa shape index (κ2) is 6.62. The van der Waals surface area contributed by atoms with Gasteiger partial charge in [0, 0.05) is 18.6 Å². The largest absolute Gasteiger partial charge is 0.491 e. The van der Waals surface area contributed by atoms with Crippen LogP contribution in [0.15, 0.2) is 21.1 Å². The van der Waals surface area contributed by atoms with E-state index in [9.17, 15) is 10.1 Å². The van der Waals surface area contributed by atoms with Crippen LogP contribution in [-0.4, -0.2) is 11.5 Å². The van der Waals surface area contributed by atoms with Crippen molar-refractivity contribution in [2.24, 2.45) is 0 Å². The van der Waals surface area contributed by atoms with E-state index in [-0.39, 0.29) is 5.69 Å². The Kier molecular flexibility index (Phi) is 5.45. The molecule has 0 spiro atoms. The van der Waals surface area contributed by atoms with Gasteiger partial charge < -0.3 is 4.74 Å². The third kappa shape index (κ3) is 4.02. The molecule has 0 aliphatic carbocycles. The number of nitrogens with zero attached hydrogens (tertiary/aromatic N) is 1. The SMILES string of the molecule is C#CCCCOc1c(Br)cc([N+](=O)[O-])cc1Br. The number of non-ortho nitro benzene ring substituents is 1. The molecule has 4 nitrogen and oxygen atoms in total. The monoisotopic (exact) mass is 361 g/mol. The number of halogens is 2. The number of unbranched alkanes of at least 4 members (excludes halogenated alkanes) is 1. The fourth-order valence-corrected chi connectivity index (χ4v) is 2.53. The summed E-state index contributed by atoms with van der Waals surface area (Å²) in [6, 6.07) is 2.81. The lowest BCUT2D eigenvalue weighted by atomic mass is 10.3. The van der Waals surface area contributed by atoms with Crippen LogP contribution >= 0.6 is 31.9 Å². The molecule has 0 aromatic heterocycles. The zero-order chi connectivity index (χ0) is 12.8. The Morgan fingerprint density at radius 2 is 2.00 bits per heavy atom. The molecule has 1 aromatic rings. The molecule has 0 aliphatic heterocycles. The fourth-order valence-electron chi connectivity index (χ4n) is 1.14. The van der Waals surface area contributed by atoms with Gasteiger partial charge in [-0.2, -0.15) is 0 Å². The summed E-state index contributed by atoms with van der Waals surface area (Å²) >= 11 is 6.47. The van der Waals surface area contributed by atoms with Crippen LogP contribution in [-0.2, 0) is 0 Å². The van der Waals surface area contributed by atoms with E-state index in [2.05, 4.69) is 37.8 Å². The van der Waals surface area contributed by atoms with Crippen molar-refractivity contribution in [3.05, 3.63) is 31.2 Å². The number of benzene rings is 1. The Morgan fingerprint density at radius 3 is 2.47 bits per heavy atom. The number of nitro benzene ring substituents is 1. The van der Waals surface area contributed by atoms with E-state index in [0.717, 1.165) is 6.42 Å². The lowest BCUT2D eigenvalue weighted by Gasteiger charge is -2.09. The molecule has 0 heterocycles. The smallest absolute Gasteiger partial charge is 0.271 e. The van der Waals surface area contributed by atoms with Crippen molar-refractivity contribution < 1.29 is 9.66 Å². The van der Waals surface area contributed by atoms with Crippen LogP contribution in [0.4, 0.5) is 5.69 Å². The summed E-state index contributed by atoms with van der Waals surface area (Å²) in [4.78, 5) is 10.2. The molecule has 0 bridgehead atoms. The van der Waals surface area contributed by atoms with Crippen LogP contribution in [0.3, 0.4) is 0 Å². The van der Waals surface area contributed by atoms with Crippen LogP contribution in [0.5, 0.6) is 5.75 Å². The zero-order valence-electron chi connectivity index (χ0n) is 8.78. The van der Waals surface area contributed by atoms with Crippen LogP contribution in [0.2, 0.25) is 0 Å². The summed E-state index contributed by atoms with van der Waals surface area (Å²) in [5.41, 5.74) is -0.000255. The highest BCUT2D eigenvalue weighted by molar-refractivity contribution is 9.11. The highest BCUT2D eigenvalue weighted by Gasteiger charge is 2.14. The van der Waals surface area contributed by atoms with Gasteiger partial charge in [0.25, 0.3) is 5.69 Å². The molecule has 0 unspecified atom stereocenters. The van der Waals surface area contributed by atoms with Gasteiger partial charge in [-0.3, -0.25) is 10.1 Å². The molecular formula is C11H9Br2NO3. The van der Waals surface area contributed by atoms with Crippen LogP contribution < -0.4 is 4.74 Å². The average Bonchev–Trinajstić information content (AvgIpc) is 2.26. The van der Waals surface area contributed by atoms with Crippen molar-refractivity contribution in [3.8, 4) is 18.1 Å². The molecule has 0 atom stereocenters. The van der Waals surface area contributed by atoms with Gasteiger partial charge in [-0.1, -0.05) is 0 Å². The third-order valence-electron chi connectivity index (χ3n) is 1.91. The van der Waals surface area contributed by atoms with Gasteiger partial charge in [-0.05, 0) is 38.3 Å². The number of rotatable bonds is 5. The topological polar surface area (TPSA) is 52.4 Å². The van der Waals surface area contributed by atoms with Gasteiger partial charge in [0.15, 0.2) is 0 Å². The summed E-state index contributed by atoms with van der Waals surface area (Å²) in [7, 11) is 0. The van der Waals surface area contributed by atoms with E-state index in [0.29, 0.717) is 27.7 Å². The number of nitro groups is 1. The molecule has 0 saturated heterocycles. The van der Waals surface area contributed by atoms with Crippen molar-refractivity contribution in [2.75, 3.05) is 6.61 Å². The first-order valence-electron chi connectivity index (χ1n) is 4.76. The second-order valence-corrected chi connectivity index (χ2v) is 4.86.